The zero-order chi connectivity index (χ0) is 17.7. The highest BCUT2D eigenvalue weighted by atomic mass is 35.5. The van der Waals surface area contributed by atoms with E-state index in [0.717, 1.165) is 12.0 Å². The highest BCUT2D eigenvalue weighted by Crippen LogP contribution is 2.22. The van der Waals surface area contributed by atoms with E-state index in [1.165, 1.54) is 11.6 Å². The van der Waals surface area contributed by atoms with Crippen LogP contribution in [0.15, 0.2) is 42.5 Å². The van der Waals surface area contributed by atoms with Gasteiger partial charge in [-0.3, -0.25) is 9.59 Å². The number of aryl methyl sites for hydroxylation is 1. The molecule has 1 atom stereocenters. The first kappa shape index (κ1) is 17.8. The zero-order valence-corrected chi connectivity index (χ0v) is 14.4. The van der Waals surface area contributed by atoms with Crippen LogP contribution in [0.4, 0.5) is 11.4 Å². The van der Waals surface area contributed by atoms with E-state index in [-0.39, 0.29) is 6.04 Å². The molecule has 0 saturated heterocycles. The molecule has 0 aliphatic heterocycles. The molecular formula is C18H20ClN3O2. The zero-order valence-electron chi connectivity index (χ0n) is 13.6. The van der Waals surface area contributed by atoms with Gasteiger partial charge < -0.3 is 16.4 Å². The molecule has 1 unspecified atom stereocenters. The van der Waals surface area contributed by atoms with Gasteiger partial charge in [-0.25, -0.2) is 0 Å². The molecule has 2 aromatic rings. The number of nitrogen functional groups attached to an aromatic ring is 1. The summed E-state index contributed by atoms with van der Waals surface area (Å²) >= 11 is 5.89. The van der Waals surface area contributed by atoms with Gasteiger partial charge in [-0.2, -0.15) is 0 Å². The van der Waals surface area contributed by atoms with Crippen LogP contribution in [0.3, 0.4) is 0 Å². The largest absolute Gasteiger partial charge is 0.398 e. The third-order valence-electron chi connectivity index (χ3n) is 3.70. The molecule has 2 aromatic carbocycles. The molecule has 24 heavy (non-hydrogen) atoms. The highest BCUT2D eigenvalue weighted by Gasteiger charge is 2.17. The smallest absolute Gasteiger partial charge is 0.313 e. The predicted molar refractivity (Wildman–Crippen MR) is 96.9 cm³/mol. The molecule has 5 nitrogen and oxygen atoms in total. The first-order chi connectivity index (χ1) is 11.4. The summed E-state index contributed by atoms with van der Waals surface area (Å²) in [6.07, 6.45) is 0.952. The minimum atomic E-state index is -0.757. The van der Waals surface area contributed by atoms with Gasteiger partial charge in [0.2, 0.25) is 0 Å². The summed E-state index contributed by atoms with van der Waals surface area (Å²) in [7, 11) is 0. The van der Waals surface area contributed by atoms with Gasteiger partial charge in [0.15, 0.2) is 0 Å². The van der Waals surface area contributed by atoms with Gasteiger partial charge in [0.05, 0.1) is 16.8 Å². The molecule has 0 aromatic heterocycles. The van der Waals surface area contributed by atoms with Crippen LogP contribution in [0.25, 0.3) is 0 Å². The second-order valence-corrected chi connectivity index (χ2v) is 5.89. The number of hydrogen-bond donors (Lipinski definition) is 3. The lowest BCUT2D eigenvalue weighted by Gasteiger charge is -2.14. The molecule has 0 fully saturated rings. The van der Waals surface area contributed by atoms with Crippen molar-refractivity contribution >= 4 is 34.8 Å². The van der Waals surface area contributed by atoms with Crippen molar-refractivity contribution in [2.75, 3.05) is 11.1 Å². The van der Waals surface area contributed by atoms with Crippen molar-refractivity contribution in [1.29, 1.82) is 0 Å². The van der Waals surface area contributed by atoms with Gasteiger partial charge in [0.1, 0.15) is 0 Å². The van der Waals surface area contributed by atoms with Crippen molar-refractivity contribution in [2.45, 2.75) is 26.3 Å². The SMILES string of the molecule is CCc1ccc(C(C)NC(=O)C(=O)Nc2ccc(N)c(Cl)c2)cc1. The number of nitrogens with two attached hydrogens (primary N) is 1. The minimum Gasteiger partial charge on any atom is -0.398 e. The Morgan fingerprint density at radius 3 is 2.38 bits per heavy atom. The molecule has 0 radical (unpaired) electrons. The van der Waals surface area contributed by atoms with Gasteiger partial charge >= 0.3 is 11.8 Å². The first-order valence-electron chi connectivity index (χ1n) is 7.66. The van der Waals surface area contributed by atoms with E-state index >= 15 is 0 Å². The summed E-state index contributed by atoms with van der Waals surface area (Å²) in [5, 5.41) is 5.48. The first-order valence-corrected chi connectivity index (χ1v) is 8.04. The Balaban J connectivity index is 1.97. The van der Waals surface area contributed by atoms with Crippen LogP contribution >= 0.6 is 11.6 Å². The summed E-state index contributed by atoms with van der Waals surface area (Å²) in [4.78, 5) is 24.0. The standard InChI is InChI=1S/C18H20ClN3O2/c1-3-12-4-6-13(7-5-12)11(2)21-17(23)18(24)22-14-8-9-16(20)15(19)10-14/h4-11H,3,20H2,1-2H3,(H,21,23)(H,22,24). The third kappa shape index (κ3) is 4.49. The molecule has 6 heteroatoms. The maximum atomic E-state index is 12.0. The van der Waals surface area contributed by atoms with Crippen molar-refractivity contribution in [1.82, 2.24) is 5.32 Å². The number of hydrogen-bond acceptors (Lipinski definition) is 3. The average molecular weight is 346 g/mol. The number of carbonyl (C=O) groups is 2. The van der Waals surface area contributed by atoms with Crippen molar-refractivity contribution in [2.24, 2.45) is 0 Å². The minimum absolute atomic E-state index is 0.274. The molecule has 126 valence electrons. The third-order valence-corrected chi connectivity index (χ3v) is 4.03. The van der Waals surface area contributed by atoms with E-state index in [1.54, 1.807) is 12.1 Å². The topological polar surface area (TPSA) is 84.2 Å². The van der Waals surface area contributed by atoms with Crippen molar-refractivity contribution in [3.63, 3.8) is 0 Å². The lowest BCUT2D eigenvalue weighted by Crippen LogP contribution is -2.36. The molecule has 0 spiro atoms. The Hall–Kier alpha value is -2.53. The van der Waals surface area contributed by atoms with Crippen molar-refractivity contribution < 1.29 is 9.59 Å². The van der Waals surface area contributed by atoms with Crippen LogP contribution in [-0.4, -0.2) is 11.8 Å². The van der Waals surface area contributed by atoms with Crippen LogP contribution in [-0.2, 0) is 16.0 Å². The maximum Gasteiger partial charge on any atom is 0.313 e. The molecule has 0 aliphatic rings. The Morgan fingerprint density at radius 1 is 1.12 bits per heavy atom. The van der Waals surface area contributed by atoms with E-state index < -0.39 is 11.8 Å². The van der Waals surface area contributed by atoms with Gasteiger partial charge in [0.25, 0.3) is 0 Å². The number of benzene rings is 2. The van der Waals surface area contributed by atoms with Gasteiger partial charge in [-0.05, 0) is 42.7 Å². The monoisotopic (exact) mass is 345 g/mol. The second kappa shape index (κ2) is 7.84. The van der Waals surface area contributed by atoms with E-state index in [1.807, 2.05) is 31.2 Å². The van der Waals surface area contributed by atoms with Crippen LogP contribution in [0.1, 0.15) is 31.0 Å². The van der Waals surface area contributed by atoms with E-state index in [4.69, 9.17) is 17.3 Å². The van der Waals surface area contributed by atoms with Crippen LogP contribution in [0, 0.1) is 0 Å². The number of anilines is 2. The molecular weight excluding hydrogens is 326 g/mol. The lowest BCUT2D eigenvalue weighted by molar-refractivity contribution is -0.136. The number of amides is 2. The number of rotatable bonds is 4. The summed E-state index contributed by atoms with van der Waals surface area (Å²) < 4.78 is 0. The predicted octanol–water partition coefficient (Wildman–Crippen LogP) is 3.30. The molecule has 0 aliphatic carbocycles. The molecule has 0 saturated carbocycles. The van der Waals surface area contributed by atoms with Gasteiger partial charge in [-0.1, -0.05) is 42.8 Å². The molecule has 2 amide bonds. The molecule has 0 bridgehead atoms. The fourth-order valence-electron chi connectivity index (χ4n) is 2.18. The summed E-state index contributed by atoms with van der Waals surface area (Å²) in [5.41, 5.74) is 8.58. The van der Waals surface area contributed by atoms with E-state index in [0.29, 0.717) is 16.4 Å². The second-order valence-electron chi connectivity index (χ2n) is 5.48. The Morgan fingerprint density at radius 2 is 1.79 bits per heavy atom. The van der Waals surface area contributed by atoms with Crippen LogP contribution in [0.5, 0.6) is 0 Å². The number of carbonyl (C=O) groups excluding carboxylic acids is 2. The van der Waals surface area contributed by atoms with Crippen molar-refractivity contribution in [3.05, 3.63) is 58.6 Å². The summed E-state index contributed by atoms with van der Waals surface area (Å²) in [6, 6.07) is 12.3. The van der Waals surface area contributed by atoms with Crippen molar-refractivity contribution in [3.8, 4) is 0 Å². The quantitative estimate of drug-likeness (QED) is 0.587. The van der Waals surface area contributed by atoms with E-state index in [2.05, 4.69) is 17.6 Å². The normalized spacial score (nSPS) is 11.6. The molecule has 0 heterocycles. The highest BCUT2D eigenvalue weighted by molar-refractivity contribution is 6.40. The fourth-order valence-corrected chi connectivity index (χ4v) is 2.36. The van der Waals surface area contributed by atoms with Gasteiger partial charge in [0, 0.05) is 5.69 Å². The Labute approximate surface area is 146 Å². The Bertz CT molecular complexity index is 744. The van der Waals surface area contributed by atoms with E-state index in [9.17, 15) is 9.59 Å². The maximum absolute atomic E-state index is 12.0. The Kier molecular flexibility index (Phi) is 5.82. The molecule has 2 rings (SSSR count). The van der Waals surface area contributed by atoms with Gasteiger partial charge in [-0.15, -0.1) is 0 Å². The van der Waals surface area contributed by atoms with Crippen LogP contribution in [0.2, 0.25) is 5.02 Å². The molecule has 4 N–H and O–H groups in total. The fraction of sp³-hybridized carbons (Fsp3) is 0.222. The van der Waals surface area contributed by atoms with Crippen LogP contribution < -0.4 is 16.4 Å². The lowest BCUT2D eigenvalue weighted by atomic mass is 10.1. The number of nitrogens with one attached hydrogen (secondary N) is 2. The average Bonchev–Trinajstić information content (AvgIpc) is 2.58. The number of halogens is 1. The summed E-state index contributed by atoms with van der Waals surface area (Å²) in [5.74, 6) is -1.47. The summed E-state index contributed by atoms with van der Waals surface area (Å²) in [6.45, 7) is 3.90.